The van der Waals surface area contributed by atoms with Crippen molar-refractivity contribution in [3.8, 4) is 5.75 Å². The number of amides is 2. The van der Waals surface area contributed by atoms with Gasteiger partial charge < -0.3 is 15.4 Å². The van der Waals surface area contributed by atoms with Gasteiger partial charge in [0.2, 0.25) is 0 Å². The van der Waals surface area contributed by atoms with Crippen LogP contribution in [0.4, 0.5) is 4.79 Å². The highest BCUT2D eigenvalue weighted by atomic mass is 79.9. The monoisotopic (exact) mass is 360 g/mol. The summed E-state index contributed by atoms with van der Waals surface area (Å²) in [5.74, 6) is 0.758. The highest BCUT2D eigenvalue weighted by molar-refractivity contribution is 9.10. The van der Waals surface area contributed by atoms with Crippen LogP contribution in [0.25, 0.3) is 6.08 Å². The first-order valence-corrected chi connectivity index (χ1v) is 7.57. The van der Waals surface area contributed by atoms with E-state index >= 15 is 0 Å². The third-order valence-electron chi connectivity index (χ3n) is 3.01. The average Bonchev–Trinajstić information content (AvgIpc) is 2.54. The summed E-state index contributed by atoms with van der Waals surface area (Å²) >= 11 is 3.45. The molecule has 0 saturated carbocycles. The minimum atomic E-state index is -0.262. The minimum absolute atomic E-state index is 0.262. The molecule has 0 radical (unpaired) electrons. The van der Waals surface area contributed by atoms with E-state index in [0.29, 0.717) is 6.54 Å². The molecule has 0 fully saturated rings. The Morgan fingerprint density at radius 1 is 1.18 bits per heavy atom. The number of hydrogen-bond donors (Lipinski definition) is 2. The van der Waals surface area contributed by atoms with Crippen LogP contribution in [-0.4, -0.2) is 13.1 Å². The van der Waals surface area contributed by atoms with E-state index in [2.05, 4.69) is 26.6 Å². The van der Waals surface area contributed by atoms with E-state index in [1.54, 1.807) is 19.4 Å². The first kappa shape index (κ1) is 16.1. The van der Waals surface area contributed by atoms with Crippen LogP contribution < -0.4 is 15.4 Å². The molecule has 0 aromatic heterocycles. The highest BCUT2D eigenvalue weighted by Gasteiger charge is 2.01. The summed E-state index contributed by atoms with van der Waals surface area (Å²) in [6.45, 7) is 0.454. The largest absolute Gasteiger partial charge is 0.496 e. The van der Waals surface area contributed by atoms with E-state index in [1.165, 1.54) is 0 Å². The molecule has 0 aliphatic carbocycles. The number of benzene rings is 2. The predicted octanol–water partition coefficient (Wildman–Crippen LogP) is 3.93. The van der Waals surface area contributed by atoms with Crippen LogP contribution >= 0.6 is 15.9 Å². The van der Waals surface area contributed by atoms with Gasteiger partial charge in [-0.05, 0) is 23.8 Å². The van der Waals surface area contributed by atoms with Crippen molar-refractivity contribution < 1.29 is 9.53 Å². The van der Waals surface area contributed by atoms with Crippen LogP contribution in [0.1, 0.15) is 11.1 Å². The molecule has 0 aliphatic heterocycles. The average molecular weight is 361 g/mol. The Morgan fingerprint density at radius 2 is 1.91 bits per heavy atom. The highest BCUT2D eigenvalue weighted by Crippen LogP contribution is 2.18. The summed E-state index contributed by atoms with van der Waals surface area (Å²) < 4.78 is 6.21. The molecule has 114 valence electrons. The van der Waals surface area contributed by atoms with Crippen molar-refractivity contribution >= 4 is 28.0 Å². The summed E-state index contributed by atoms with van der Waals surface area (Å²) in [5.41, 5.74) is 1.92. The van der Waals surface area contributed by atoms with Gasteiger partial charge in [-0.3, -0.25) is 0 Å². The number of urea groups is 1. The van der Waals surface area contributed by atoms with Gasteiger partial charge in [0.15, 0.2) is 0 Å². The molecule has 2 aromatic carbocycles. The fourth-order valence-electron chi connectivity index (χ4n) is 1.88. The summed E-state index contributed by atoms with van der Waals surface area (Å²) in [4.78, 5) is 11.8. The van der Waals surface area contributed by atoms with Crippen molar-refractivity contribution in [3.63, 3.8) is 0 Å². The SMILES string of the molecule is COc1ccccc1/C=C/NC(=O)NCc1ccccc1Br. The quantitative estimate of drug-likeness (QED) is 0.848. The molecule has 0 aliphatic rings. The van der Waals surface area contributed by atoms with Crippen molar-refractivity contribution in [2.24, 2.45) is 0 Å². The molecular weight excluding hydrogens is 344 g/mol. The molecule has 22 heavy (non-hydrogen) atoms. The molecular formula is C17H17BrN2O2. The molecule has 4 nitrogen and oxygen atoms in total. The maximum Gasteiger partial charge on any atom is 0.319 e. The van der Waals surface area contributed by atoms with Gasteiger partial charge in [0.25, 0.3) is 0 Å². The van der Waals surface area contributed by atoms with Crippen molar-refractivity contribution in [3.05, 3.63) is 70.3 Å². The van der Waals surface area contributed by atoms with Gasteiger partial charge in [-0.15, -0.1) is 0 Å². The van der Waals surface area contributed by atoms with E-state index in [4.69, 9.17) is 4.74 Å². The maximum atomic E-state index is 11.8. The Balaban J connectivity index is 1.85. The molecule has 0 atom stereocenters. The summed E-state index contributed by atoms with van der Waals surface area (Å²) in [6.07, 6.45) is 3.38. The third-order valence-corrected chi connectivity index (χ3v) is 3.79. The number of rotatable bonds is 5. The number of nitrogens with one attached hydrogen (secondary N) is 2. The predicted molar refractivity (Wildman–Crippen MR) is 91.5 cm³/mol. The third kappa shape index (κ3) is 4.63. The van der Waals surface area contributed by atoms with Gasteiger partial charge in [0.05, 0.1) is 7.11 Å². The lowest BCUT2D eigenvalue weighted by Gasteiger charge is -2.07. The molecule has 2 amide bonds. The fraction of sp³-hybridized carbons (Fsp3) is 0.118. The van der Waals surface area contributed by atoms with E-state index in [9.17, 15) is 4.79 Å². The van der Waals surface area contributed by atoms with Gasteiger partial charge in [-0.2, -0.15) is 0 Å². The topological polar surface area (TPSA) is 50.4 Å². The van der Waals surface area contributed by atoms with Crippen LogP contribution in [0, 0.1) is 0 Å². The molecule has 0 unspecified atom stereocenters. The Bertz CT molecular complexity index is 671. The second-order valence-electron chi connectivity index (χ2n) is 4.49. The van der Waals surface area contributed by atoms with Crippen molar-refractivity contribution in [2.75, 3.05) is 7.11 Å². The second-order valence-corrected chi connectivity index (χ2v) is 5.35. The zero-order chi connectivity index (χ0) is 15.8. The van der Waals surface area contributed by atoms with Crippen LogP contribution in [0.5, 0.6) is 5.75 Å². The van der Waals surface area contributed by atoms with Gasteiger partial charge in [0.1, 0.15) is 5.75 Å². The van der Waals surface area contributed by atoms with E-state index < -0.39 is 0 Å². The van der Waals surface area contributed by atoms with Crippen molar-refractivity contribution in [2.45, 2.75) is 6.54 Å². The van der Waals surface area contributed by atoms with E-state index in [1.807, 2.05) is 48.5 Å². The normalized spacial score (nSPS) is 10.5. The fourth-order valence-corrected chi connectivity index (χ4v) is 2.30. The lowest BCUT2D eigenvalue weighted by molar-refractivity contribution is 0.244. The first-order chi connectivity index (χ1) is 10.7. The van der Waals surface area contributed by atoms with E-state index in [0.717, 1.165) is 21.3 Å². The number of carbonyl (C=O) groups is 1. The van der Waals surface area contributed by atoms with Gasteiger partial charge in [-0.1, -0.05) is 52.3 Å². The Hall–Kier alpha value is -2.27. The standard InChI is InChI=1S/C17H17BrN2O2/c1-22-16-9-5-3-6-13(16)10-11-19-17(21)20-12-14-7-2-4-8-15(14)18/h2-11H,12H2,1H3,(H2,19,20,21)/b11-10+. The van der Waals surface area contributed by atoms with Crippen molar-refractivity contribution in [1.82, 2.24) is 10.6 Å². The number of hydrogen-bond acceptors (Lipinski definition) is 2. The Morgan fingerprint density at radius 3 is 2.68 bits per heavy atom. The van der Waals surface area contributed by atoms with Gasteiger partial charge in [0, 0.05) is 22.8 Å². The molecule has 2 N–H and O–H groups in total. The van der Waals surface area contributed by atoms with Crippen LogP contribution in [0.2, 0.25) is 0 Å². The smallest absolute Gasteiger partial charge is 0.319 e. The zero-order valence-corrected chi connectivity index (χ0v) is 13.8. The summed E-state index contributed by atoms with van der Waals surface area (Å²) in [7, 11) is 1.62. The lowest BCUT2D eigenvalue weighted by atomic mass is 10.2. The molecule has 0 bridgehead atoms. The van der Waals surface area contributed by atoms with Gasteiger partial charge in [-0.25, -0.2) is 4.79 Å². The van der Waals surface area contributed by atoms with Crippen molar-refractivity contribution in [1.29, 1.82) is 0 Å². The number of methoxy groups -OCH3 is 1. The van der Waals surface area contributed by atoms with Crippen LogP contribution in [-0.2, 0) is 6.54 Å². The first-order valence-electron chi connectivity index (χ1n) is 6.78. The number of halogens is 1. The van der Waals surface area contributed by atoms with Crippen LogP contribution in [0.15, 0.2) is 59.2 Å². The van der Waals surface area contributed by atoms with Crippen LogP contribution in [0.3, 0.4) is 0 Å². The summed E-state index contributed by atoms with van der Waals surface area (Å²) in [6, 6.07) is 15.1. The zero-order valence-electron chi connectivity index (χ0n) is 12.2. The molecule has 0 heterocycles. The molecule has 0 saturated heterocycles. The number of carbonyl (C=O) groups excluding carboxylic acids is 1. The summed E-state index contributed by atoms with van der Waals surface area (Å²) in [5, 5.41) is 5.46. The minimum Gasteiger partial charge on any atom is -0.496 e. The maximum absolute atomic E-state index is 11.8. The molecule has 2 rings (SSSR count). The molecule has 0 spiro atoms. The Kier molecular flexibility index (Phi) is 6.03. The number of para-hydroxylation sites is 1. The lowest BCUT2D eigenvalue weighted by Crippen LogP contribution is -2.31. The number of ether oxygens (including phenoxy) is 1. The molecule has 5 heteroatoms. The molecule has 2 aromatic rings. The Labute approximate surface area is 138 Å². The van der Waals surface area contributed by atoms with Gasteiger partial charge >= 0.3 is 6.03 Å². The second kappa shape index (κ2) is 8.24. The van der Waals surface area contributed by atoms with E-state index in [-0.39, 0.29) is 6.03 Å².